The number of esters is 5. The van der Waals surface area contributed by atoms with Gasteiger partial charge in [0.2, 0.25) is 5.91 Å². The van der Waals surface area contributed by atoms with E-state index in [1.807, 2.05) is 0 Å². The molecule has 0 spiro atoms. The summed E-state index contributed by atoms with van der Waals surface area (Å²) in [5.74, 6) is -5.52. The number of rotatable bonds is 18. The molecule has 1 saturated heterocycles. The van der Waals surface area contributed by atoms with Crippen molar-refractivity contribution in [1.82, 2.24) is 10.6 Å². The van der Waals surface area contributed by atoms with Gasteiger partial charge in [0.05, 0.1) is 39.1 Å². The number of nitrogens with one attached hydrogen (secondary N) is 2. The van der Waals surface area contributed by atoms with Gasteiger partial charge in [0.15, 0.2) is 18.8 Å². The van der Waals surface area contributed by atoms with Gasteiger partial charge < -0.3 is 48.5 Å². The first-order valence-corrected chi connectivity index (χ1v) is 17.0. The Hall–Kier alpha value is -5.99. The van der Waals surface area contributed by atoms with E-state index in [9.17, 15) is 33.6 Å². The summed E-state index contributed by atoms with van der Waals surface area (Å²) in [6.07, 6.45) is -1.97. The summed E-state index contributed by atoms with van der Waals surface area (Å²) < 4.78 is 44.5. The Morgan fingerprint density at radius 3 is 2.13 bits per heavy atom. The van der Waals surface area contributed by atoms with Crippen LogP contribution in [-0.2, 0) is 79.7 Å². The number of methoxy groups -OCH3 is 1. The molecule has 1 fully saturated rings. The Kier molecular flexibility index (Phi) is 16.6. The normalized spacial score (nSPS) is 19.9. The van der Waals surface area contributed by atoms with Crippen LogP contribution in [-0.4, -0.2) is 105 Å². The van der Waals surface area contributed by atoms with E-state index >= 15 is 0 Å². The van der Waals surface area contributed by atoms with Gasteiger partial charge in [0.1, 0.15) is 24.6 Å². The molecule has 3 rings (SSSR count). The van der Waals surface area contributed by atoms with Crippen LogP contribution in [0.5, 0.6) is 5.75 Å². The molecule has 0 bridgehead atoms. The van der Waals surface area contributed by atoms with Gasteiger partial charge in [-0.2, -0.15) is 0 Å². The van der Waals surface area contributed by atoms with Gasteiger partial charge in [-0.25, -0.2) is 4.79 Å². The summed E-state index contributed by atoms with van der Waals surface area (Å²) in [4.78, 5) is 89.1. The SMILES string of the molecule is C#CCOc1ccc(CC(=O)NC[C@@H](OC(C)=O)[C@@H](OC(C)=O)[C@@H]2O[C@@](OCc3ccccc3)(C(=O)OC)C[C@H](OC(C)=O)[C@H]2NC(=O)COC(C)=O)cc1. The maximum absolute atomic E-state index is 13.6. The number of hydrogen-bond acceptors (Lipinski definition) is 15. The second-order valence-corrected chi connectivity index (χ2v) is 12.2. The van der Waals surface area contributed by atoms with Crippen LogP contribution in [0.15, 0.2) is 54.6 Å². The van der Waals surface area contributed by atoms with Crippen molar-refractivity contribution in [1.29, 1.82) is 0 Å². The molecule has 0 aliphatic carbocycles. The Labute approximate surface area is 317 Å². The molecule has 0 unspecified atom stereocenters. The number of carbonyl (C=O) groups excluding carboxylic acids is 7. The molecule has 0 aromatic heterocycles. The van der Waals surface area contributed by atoms with Gasteiger partial charge in [-0.1, -0.05) is 48.4 Å². The van der Waals surface area contributed by atoms with Crippen LogP contribution in [0, 0.1) is 12.3 Å². The number of ether oxygens (including phenoxy) is 8. The van der Waals surface area contributed by atoms with Crippen LogP contribution in [0.2, 0.25) is 0 Å². The fraction of sp³-hybridized carbons (Fsp3) is 0.447. The molecule has 6 atom stereocenters. The molecule has 1 heterocycles. The lowest BCUT2D eigenvalue weighted by molar-refractivity contribution is -0.317. The maximum Gasteiger partial charge on any atom is 0.366 e. The quantitative estimate of drug-likeness (QED) is 0.123. The summed E-state index contributed by atoms with van der Waals surface area (Å²) in [6, 6.07) is 13.7. The highest BCUT2D eigenvalue weighted by atomic mass is 16.7. The van der Waals surface area contributed by atoms with Crippen molar-refractivity contribution in [2.45, 2.75) is 83.4 Å². The van der Waals surface area contributed by atoms with E-state index in [0.717, 1.165) is 34.8 Å². The summed E-state index contributed by atoms with van der Waals surface area (Å²) in [5.41, 5.74) is 1.18. The Morgan fingerprint density at radius 2 is 1.55 bits per heavy atom. The highest BCUT2D eigenvalue weighted by molar-refractivity contribution is 5.81. The van der Waals surface area contributed by atoms with Crippen molar-refractivity contribution in [2.24, 2.45) is 0 Å². The van der Waals surface area contributed by atoms with Crippen molar-refractivity contribution in [2.75, 3.05) is 26.9 Å². The zero-order chi connectivity index (χ0) is 40.5. The van der Waals surface area contributed by atoms with Crippen molar-refractivity contribution in [3.8, 4) is 18.1 Å². The molecular formula is C38H44N2O15. The van der Waals surface area contributed by atoms with Gasteiger partial charge in [0, 0.05) is 27.7 Å². The smallest absolute Gasteiger partial charge is 0.366 e. The molecule has 2 N–H and O–H groups in total. The molecule has 2 aromatic carbocycles. The average Bonchev–Trinajstić information content (AvgIpc) is 3.14. The number of amides is 2. The zero-order valence-corrected chi connectivity index (χ0v) is 31.0. The van der Waals surface area contributed by atoms with E-state index in [1.54, 1.807) is 54.6 Å². The summed E-state index contributed by atoms with van der Waals surface area (Å²) in [6.45, 7) is 2.81. The van der Waals surface area contributed by atoms with E-state index in [4.69, 9.17) is 44.3 Å². The van der Waals surface area contributed by atoms with E-state index < -0.39 is 97.5 Å². The fourth-order valence-electron chi connectivity index (χ4n) is 5.60. The molecule has 17 heteroatoms. The number of benzene rings is 2. The topological polar surface area (TPSA) is 217 Å². The van der Waals surface area contributed by atoms with E-state index in [0.29, 0.717) is 16.9 Å². The third-order valence-corrected chi connectivity index (χ3v) is 7.83. The molecular weight excluding hydrogens is 724 g/mol. The lowest BCUT2D eigenvalue weighted by Gasteiger charge is -2.48. The predicted molar refractivity (Wildman–Crippen MR) is 188 cm³/mol. The summed E-state index contributed by atoms with van der Waals surface area (Å²) >= 11 is 0. The van der Waals surface area contributed by atoms with Crippen LogP contribution in [0.1, 0.15) is 45.2 Å². The van der Waals surface area contributed by atoms with Crippen LogP contribution in [0.3, 0.4) is 0 Å². The lowest BCUT2D eigenvalue weighted by Crippen LogP contribution is -2.69. The lowest BCUT2D eigenvalue weighted by atomic mass is 9.87. The fourth-order valence-corrected chi connectivity index (χ4v) is 5.60. The first kappa shape index (κ1) is 43.4. The number of carbonyl (C=O) groups is 7. The third-order valence-electron chi connectivity index (χ3n) is 7.83. The first-order chi connectivity index (χ1) is 26.2. The number of hydrogen-bond donors (Lipinski definition) is 2. The van der Waals surface area contributed by atoms with Crippen molar-refractivity contribution < 1.29 is 71.5 Å². The summed E-state index contributed by atoms with van der Waals surface area (Å²) in [5, 5.41) is 5.20. The molecule has 296 valence electrons. The zero-order valence-electron chi connectivity index (χ0n) is 31.0. The molecule has 0 radical (unpaired) electrons. The van der Waals surface area contributed by atoms with Crippen molar-refractivity contribution >= 4 is 41.7 Å². The average molecular weight is 769 g/mol. The van der Waals surface area contributed by atoms with Gasteiger partial charge in [0.25, 0.3) is 11.7 Å². The Bertz CT molecular complexity index is 1710. The van der Waals surface area contributed by atoms with Crippen LogP contribution in [0.25, 0.3) is 0 Å². The highest BCUT2D eigenvalue weighted by Gasteiger charge is 2.59. The predicted octanol–water partition coefficient (Wildman–Crippen LogP) is 1.08. The van der Waals surface area contributed by atoms with Crippen LogP contribution < -0.4 is 15.4 Å². The maximum atomic E-state index is 13.6. The molecule has 1 aliphatic heterocycles. The molecule has 2 amide bonds. The van der Waals surface area contributed by atoms with Gasteiger partial charge >= 0.3 is 29.8 Å². The minimum Gasteiger partial charge on any atom is -0.481 e. The standard InChI is InChI=1S/C38H44N2O15/c1-7-17-49-29-15-13-27(14-16-29)18-32(45)39-20-31(53-25(4)43)35(54-26(5)44)36-34(40-33(46)22-50-23(2)41)30(52-24(3)42)19-38(55-36,37(47)48-6)51-21-28-11-9-8-10-12-28/h1,8-16,30-31,34-36H,17-22H2,2-6H3,(H,39,45)(H,40,46)/t30-,31+,34+,35+,36+,38+/m0/s1. The van der Waals surface area contributed by atoms with Crippen LogP contribution in [0.4, 0.5) is 0 Å². The second-order valence-electron chi connectivity index (χ2n) is 12.2. The minimum atomic E-state index is -2.38. The molecule has 1 aliphatic rings. The van der Waals surface area contributed by atoms with Crippen molar-refractivity contribution in [3.63, 3.8) is 0 Å². The molecule has 17 nitrogen and oxygen atoms in total. The highest BCUT2D eigenvalue weighted by Crippen LogP contribution is 2.37. The van der Waals surface area contributed by atoms with E-state index in [-0.39, 0.29) is 19.6 Å². The molecule has 0 saturated carbocycles. The largest absolute Gasteiger partial charge is 0.481 e. The Balaban J connectivity index is 2.08. The number of terminal acetylenes is 1. The minimum absolute atomic E-state index is 0.0594. The van der Waals surface area contributed by atoms with Gasteiger partial charge in [-0.3, -0.25) is 28.8 Å². The molecule has 2 aromatic rings. The second kappa shape index (κ2) is 21.0. The first-order valence-electron chi connectivity index (χ1n) is 17.0. The van der Waals surface area contributed by atoms with E-state index in [1.165, 1.54) is 0 Å². The van der Waals surface area contributed by atoms with Crippen LogP contribution >= 0.6 is 0 Å². The monoisotopic (exact) mass is 768 g/mol. The van der Waals surface area contributed by atoms with Gasteiger partial charge in [-0.05, 0) is 23.3 Å². The van der Waals surface area contributed by atoms with E-state index in [2.05, 4.69) is 16.6 Å². The van der Waals surface area contributed by atoms with Crippen molar-refractivity contribution in [3.05, 3.63) is 65.7 Å². The third kappa shape index (κ3) is 13.7. The Morgan fingerprint density at radius 1 is 0.873 bits per heavy atom. The summed E-state index contributed by atoms with van der Waals surface area (Å²) in [7, 11) is 1.06. The molecule has 55 heavy (non-hydrogen) atoms. The van der Waals surface area contributed by atoms with Gasteiger partial charge in [-0.15, -0.1) is 6.42 Å².